The average molecular weight is 299 g/mol. The molecule has 0 spiro atoms. The fourth-order valence-corrected chi connectivity index (χ4v) is 2.71. The fourth-order valence-electron chi connectivity index (χ4n) is 2.56. The summed E-state index contributed by atoms with van der Waals surface area (Å²) < 4.78 is 0. The number of aromatic nitrogens is 4. The third-order valence-corrected chi connectivity index (χ3v) is 4.11. The van der Waals surface area contributed by atoms with E-state index in [0.29, 0.717) is 5.02 Å². The van der Waals surface area contributed by atoms with E-state index in [1.165, 1.54) is 18.4 Å². The molecule has 1 aliphatic carbocycles. The molecule has 4 nitrogen and oxygen atoms in total. The van der Waals surface area contributed by atoms with E-state index in [1.54, 1.807) is 6.20 Å². The number of aromatic amines is 1. The predicted molar refractivity (Wildman–Crippen MR) is 82.4 cm³/mol. The second-order valence-electron chi connectivity index (χ2n) is 5.70. The average Bonchev–Trinajstić information content (AvgIpc) is 3.22. The first-order valence-corrected chi connectivity index (χ1v) is 7.57. The van der Waals surface area contributed by atoms with E-state index < -0.39 is 0 Å². The number of hydrogen-bond donors (Lipinski definition) is 1. The summed E-state index contributed by atoms with van der Waals surface area (Å²) >= 11 is 6.02. The molecule has 3 heterocycles. The van der Waals surface area contributed by atoms with Crippen LogP contribution >= 0.6 is 11.6 Å². The highest BCUT2D eigenvalue weighted by Crippen LogP contribution is 2.31. The van der Waals surface area contributed by atoms with Gasteiger partial charge in [-0.25, -0.2) is 15.0 Å². The zero-order valence-corrected chi connectivity index (χ0v) is 12.3. The van der Waals surface area contributed by atoms with Gasteiger partial charge in [-0.2, -0.15) is 0 Å². The van der Waals surface area contributed by atoms with E-state index in [1.807, 2.05) is 24.7 Å². The predicted octanol–water partition coefficient (Wildman–Crippen LogP) is 3.55. The van der Waals surface area contributed by atoms with Gasteiger partial charge in [0.15, 0.2) is 0 Å². The number of pyridine rings is 1. The third kappa shape index (κ3) is 2.76. The molecule has 1 saturated carbocycles. The van der Waals surface area contributed by atoms with Crippen LogP contribution in [0, 0.1) is 5.92 Å². The van der Waals surface area contributed by atoms with Gasteiger partial charge in [-0.3, -0.25) is 0 Å². The maximum atomic E-state index is 6.02. The van der Waals surface area contributed by atoms with Gasteiger partial charge in [-0.1, -0.05) is 11.6 Å². The van der Waals surface area contributed by atoms with Crippen molar-refractivity contribution < 1.29 is 0 Å². The van der Waals surface area contributed by atoms with E-state index in [0.717, 1.165) is 41.2 Å². The quantitative estimate of drug-likeness (QED) is 0.801. The molecule has 0 saturated heterocycles. The van der Waals surface area contributed by atoms with E-state index in [-0.39, 0.29) is 0 Å². The van der Waals surface area contributed by atoms with Gasteiger partial charge < -0.3 is 4.98 Å². The second-order valence-corrected chi connectivity index (χ2v) is 6.13. The van der Waals surface area contributed by atoms with E-state index in [4.69, 9.17) is 11.6 Å². The van der Waals surface area contributed by atoms with Crippen molar-refractivity contribution in [2.45, 2.75) is 25.7 Å². The largest absolute Gasteiger partial charge is 0.346 e. The Kier molecular flexibility index (Phi) is 3.11. The van der Waals surface area contributed by atoms with Gasteiger partial charge in [-0.05, 0) is 36.0 Å². The molecule has 3 aromatic heterocycles. The molecule has 5 heteroatoms. The Hall–Kier alpha value is -1.94. The van der Waals surface area contributed by atoms with Gasteiger partial charge in [0.05, 0.1) is 5.02 Å². The lowest BCUT2D eigenvalue weighted by molar-refractivity contribution is 0.765. The van der Waals surface area contributed by atoms with Gasteiger partial charge >= 0.3 is 0 Å². The number of fused-ring (bicyclic) bond motifs is 1. The molecule has 0 amide bonds. The maximum Gasteiger partial charge on any atom is 0.137 e. The van der Waals surface area contributed by atoms with Crippen LogP contribution in [0.25, 0.3) is 11.0 Å². The van der Waals surface area contributed by atoms with Crippen LogP contribution in [0.2, 0.25) is 5.02 Å². The lowest BCUT2D eigenvalue weighted by Crippen LogP contribution is -1.98. The topological polar surface area (TPSA) is 54.5 Å². The molecule has 0 aromatic carbocycles. The summed E-state index contributed by atoms with van der Waals surface area (Å²) in [4.78, 5) is 16.4. The number of hydrogen-bond acceptors (Lipinski definition) is 3. The lowest BCUT2D eigenvalue weighted by Gasteiger charge is -2.02. The maximum absolute atomic E-state index is 6.02. The van der Waals surface area contributed by atoms with Crippen molar-refractivity contribution in [1.29, 1.82) is 0 Å². The highest BCUT2D eigenvalue weighted by molar-refractivity contribution is 6.31. The van der Waals surface area contributed by atoms with Crippen LogP contribution in [0.4, 0.5) is 0 Å². The van der Waals surface area contributed by atoms with Crippen LogP contribution < -0.4 is 0 Å². The van der Waals surface area contributed by atoms with Crippen LogP contribution in [0.3, 0.4) is 0 Å². The van der Waals surface area contributed by atoms with Crippen LogP contribution in [-0.2, 0) is 12.8 Å². The molecular weight excluding hydrogens is 284 g/mol. The molecule has 1 N–H and O–H groups in total. The summed E-state index contributed by atoms with van der Waals surface area (Å²) in [7, 11) is 0. The number of halogens is 1. The first kappa shape index (κ1) is 12.8. The summed E-state index contributed by atoms with van der Waals surface area (Å²) in [5, 5.41) is 1.71. The summed E-state index contributed by atoms with van der Waals surface area (Å²) in [5.74, 6) is 1.78. The Morgan fingerprint density at radius 1 is 1.14 bits per heavy atom. The van der Waals surface area contributed by atoms with Crippen LogP contribution in [-0.4, -0.2) is 19.9 Å². The number of rotatable bonds is 4. The molecular formula is C16H15ClN4. The van der Waals surface area contributed by atoms with E-state index in [9.17, 15) is 0 Å². The van der Waals surface area contributed by atoms with Gasteiger partial charge in [0.1, 0.15) is 11.5 Å². The zero-order valence-electron chi connectivity index (χ0n) is 11.5. The fraction of sp³-hybridized carbons (Fsp3) is 0.312. The summed E-state index contributed by atoms with van der Waals surface area (Å²) in [6, 6.07) is 1.94. The smallest absolute Gasteiger partial charge is 0.137 e. The molecule has 0 atom stereocenters. The van der Waals surface area contributed by atoms with Crippen molar-refractivity contribution in [3.8, 4) is 0 Å². The molecule has 0 bridgehead atoms. The highest BCUT2D eigenvalue weighted by atomic mass is 35.5. The number of H-pyrrole nitrogens is 1. The summed E-state index contributed by atoms with van der Waals surface area (Å²) in [6.45, 7) is 0. The van der Waals surface area contributed by atoms with Crippen molar-refractivity contribution in [2.75, 3.05) is 0 Å². The summed E-state index contributed by atoms with van der Waals surface area (Å²) in [6.07, 6.45) is 12.0. The van der Waals surface area contributed by atoms with Crippen LogP contribution in [0.1, 0.15) is 29.8 Å². The van der Waals surface area contributed by atoms with E-state index in [2.05, 4.69) is 19.9 Å². The van der Waals surface area contributed by atoms with Gasteiger partial charge in [0.2, 0.25) is 0 Å². The minimum absolute atomic E-state index is 0.652. The summed E-state index contributed by atoms with van der Waals surface area (Å²) in [5.41, 5.74) is 3.13. The van der Waals surface area contributed by atoms with Crippen LogP contribution in [0.15, 0.2) is 30.9 Å². The molecule has 1 aliphatic rings. The normalized spacial score (nSPS) is 14.7. The lowest BCUT2D eigenvalue weighted by atomic mass is 10.1. The Morgan fingerprint density at radius 3 is 2.71 bits per heavy atom. The molecule has 106 valence electrons. The van der Waals surface area contributed by atoms with E-state index >= 15 is 0 Å². The minimum atomic E-state index is 0.652. The third-order valence-electron chi connectivity index (χ3n) is 3.90. The number of nitrogens with one attached hydrogen (secondary N) is 1. The second kappa shape index (κ2) is 5.11. The van der Waals surface area contributed by atoms with Crippen molar-refractivity contribution in [2.24, 2.45) is 5.92 Å². The van der Waals surface area contributed by atoms with Crippen molar-refractivity contribution in [3.05, 3.63) is 52.8 Å². The molecule has 0 aliphatic heterocycles. The Morgan fingerprint density at radius 2 is 1.95 bits per heavy atom. The molecule has 0 radical (unpaired) electrons. The molecule has 21 heavy (non-hydrogen) atoms. The molecule has 3 aromatic rings. The zero-order chi connectivity index (χ0) is 14.2. The monoisotopic (exact) mass is 298 g/mol. The standard InChI is InChI=1S/C16H15ClN4/c17-13-5-14-12(8-20-16(14)21-9-13)3-11-6-18-15(19-7-11)4-10-1-2-10/h5-10H,1-4H2,(H,20,21). The molecule has 1 fully saturated rings. The minimum Gasteiger partial charge on any atom is -0.346 e. The van der Waals surface area contributed by atoms with Gasteiger partial charge in [-0.15, -0.1) is 0 Å². The Balaban J connectivity index is 1.57. The van der Waals surface area contributed by atoms with Crippen LogP contribution in [0.5, 0.6) is 0 Å². The highest BCUT2D eigenvalue weighted by Gasteiger charge is 2.22. The molecule has 0 unspecified atom stereocenters. The first-order chi connectivity index (χ1) is 10.3. The van der Waals surface area contributed by atoms with Crippen molar-refractivity contribution in [3.63, 3.8) is 0 Å². The number of nitrogens with zero attached hydrogens (tertiary/aromatic N) is 3. The van der Waals surface area contributed by atoms with Gasteiger partial charge in [0, 0.05) is 43.0 Å². The molecule has 4 rings (SSSR count). The van der Waals surface area contributed by atoms with Crippen molar-refractivity contribution in [1.82, 2.24) is 19.9 Å². The van der Waals surface area contributed by atoms with Gasteiger partial charge in [0.25, 0.3) is 0 Å². The Bertz CT molecular complexity index is 775. The Labute approximate surface area is 127 Å². The van der Waals surface area contributed by atoms with Crippen molar-refractivity contribution >= 4 is 22.6 Å². The SMILES string of the molecule is Clc1cnc2[nH]cc(Cc3cnc(CC4CC4)nc3)c2c1. The first-order valence-electron chi connectivity index (χ1n) is 7.19.